The predicted molar refractivity (Wildman–Crippen MR) is 82.2 cm³/mol. The van der Waals surface area contributed by atoms with Crippen LogP contribution in [0.3, 0.4) is 0 Å². The lowest BCUT2D eigenvalue weighted by Gasteiger charge is -2.08. The number of ether oxygens (including phenoxy) is 2. The van der Waals surface area contributed by atoms with E-state index >= 15 is 0 Å². The Morgan fingerprint density at radius 3 is 2.39 bits per heavy atom. The second-order valence-electron chi connectivity index (χ2n) is 4.64. The minimum Gasteiger partial charge on any atom is -0.497 e. The molecule has 7 nitrogen and oxygen atoms in total. The van der Waals surface area contributed by atoms with Gasteiger partial charge in [0, 0.05) is 6.07 Å². The summed E-state index contributed by atoms with van der Waals surface area (Å²) in [6, 6.07) is 12.0. The first-order chi connectivity index (χ1) is 11.1. The monoisotopic (exact) mass is 313 g/mol. The van der Waals surface area contributed by atoms with Gasteiger partial charge in [-0.05, 0) is 30.3 Å². The smallest absolute Gasteiger partial charge is 0.339 e. The van der Waals surface area contributed by atoms with Crippen LogP contribution in [0, 0.1) is 10.1 Å². The lowest BCUT2D eigenvalue weighted by molar-refractivity contribution is -0.384. The Labute approximate surface area is 129 Å². The standard InChI is InChI=1S/C16H11NO6/c1-21-11-3-5-12(6-4-11)22-15-9-16(18)23-14-8-10(17(19)20)2-7-13(14)15/h2-9H,1H3. The van der Waals surface area contributed by atoms with Crippen LogP contribution in [0.2, 0.25) is 0 Å². The number of methoxy groups -OCH3 is 1. The summed E-state index contributed by atoms with van der Waals surface area (Å²) in [5.74, 6) is 1.43. The number of non-ortho nitro benzene ring substituents is 1. The summed E-state index contributed by atoms with van der Waals surface area (Å²) in [7, 11) is 1.55. The molecule has 3 aromatic rings. The Morgan fingerprint density at radius 1 is 1.04 bits per heavy atom. The highest BCUT2D eigenvalue weighted by atomic mass is 16.6. The molecule has 0 saturated heterocycles. The third-order valence-electron chi connectivity index (χ3n) is 3.19. The average Bonchev–Trinajstić information content (AvgIpc) is 2.54. The van der Waals surface area contributed by atoms with E-state index < -0.39 is 10.5 Å². The summed E-state index contributed by atoms with van der Waals surface area (Å²) in [5.41, 5.74) is -0.723. The summed E-state index contributed by atoms with van der Waals surface area (Å²) in [5, 5.41) is 11.3. The molecule has 0 aliphatic heterocycles. The number of rotatable bonds is 4. The lowest BCUT2D eigenvalue weighted by atomic mass is 10.2. The first-order valence-electron chi connectivity index (χ1n) is 6.61. The Morgan fingerprint density at radius 2 is 1.74 bits per heavy atom. The van der Waals surface area contributed by atoms with Gasteiger partial charge in [-0.25, -0.2) is 4.79 Å². The topological polar surface area (TPSA) is 91.8 Å². The number of nitro groups is 1. The van der Waals surface area contributed by atoms with E-state index in [1.165, 1.54) is 24.3 Å². The molecule has 0 amide bonds. The van der Waals surface area contributed by atoms with E-state index in [0.29, 0.717) is 16.9 Å². The molecule has 3 rings (SSSR count). The molecular formula is C16H11NO6. The van der Waals surface area contributed by atoms with Crippen molar-refractivity contribution in [2.75, 3.05) is 7.11 Å². The van der Waals surface area contributed by atoms with Crippen LogP contribution in [-0.2, 0) is 0 Å². The van der Waals surface area contributed by atoms with Crippen LogP contribution in [0.5, 0.6) is 17.2 Å². The molecule has 0 aliphatic rings. The van der Waals surface area contributed by atoms with Crippen LogP contribution in [0.1, 0.15) is 0 Å². The van der Waals surface area contributed by atoms with Crippen molar-refractivity contribution in [2.24, 2.45) is 0 Å². The molecule has 0 aliphatic carbocycles. The van der Waals surface area contributed by atoms with Crippen molar-refractivity contribution in [3.8, 4) is 17.2 Å². The zero-order chi connectivity index (χ0) is 16.4. The molecule has 116 valence electrons. The van der Waals surface area contributed by atoms with Gasteiger partial charge in [0.25, 0.3) is 5.69 Å². The van der Waals surface area contributed by atoms with Crippen LogP contribution in [-0.4, -0.2) is 12.0 Å². The lowest BCUT2D eigenvalue weighted by Crippen LogP contribution is -1.99. The molecule has 0 fully saturated rings. The minimum atomic E-state index is -0.651. The van der Waals surface area contributed by atoms with Gasteiger partial charge in [0.05, 0.1) is 29.6 Å². The Hall–Kier alpha value is -3.35. The van der Waals surface area contributed by atoms with E-state index in [0.717, 1.165) is 0 Å². The summed E-state index contributed by atoms with van der Waals surface area (Å²) in [6.07, 6.45) is 0. The quantitative estimate of drug-likeness (QED) is 0.416. The minimum absolute atomic E-state index is 0.0928. The normalized spacial score (nSPS) is 10.5. The summed E-state index contributed by atoms with van der Waals surface area (Å²) in [4.78, 5) is 21.9. The fourth-order valence-corrected chi connectivity index (χ4v) is 2.09. The Bertz CT molecular complexity index is 929. The molecule has 1 heterocycles. The van der Waals surface area contributed by atoms with Gasteiger partial charge in [-0.2, -0.15) is 0 Å². The van der Waals surface area contributed by atoms with Gasteiger partial charge >= 0.3 is 5.63 Å². The van der Waals surface area contributed by atoms with Crippen molar-refractivity contribution >= 4 is 16.7 Å². The van der Waals surface area contributed by atoms with Gasteiger partial charge in [-0.1, -0.05) is 0 Å². The highest BCUT2D eigenvalue weighted by Gasteiger charge is 2.13. The predicted octanol–water partition coefficient (Wildman–Crippen LogP) is 3.50. The first-order valence-corrected chi connectivity index (χ1v) is 6.61. The Balaban J connectivity index is 2.05. The van der Waals surface area contributed by atoms with E-state index in [-0.39, 0.29) is 17.0 Å². The fraction of sp³-hybridized carbons (Fsp3) is 0.0625. The third kappa shape index (κ3) is 2.98. The van der Waals surface area contributed by atoms with E-state index in [2.05, 4.69) is 0 Å². The third-order valence-corrected chi connectivity index (χ3v) is 3.19. The molecule has 0 N–H and O–H groups in total. The molecule has 0 bridgehead atoms. The number of hydrogen-bond donors (Lipinski definition) is 0. The van der Waals surface area contributed by atoms with E-state index in [1.54, 1.807) is 31.4 Å². The molecular weight excluding hydrogens is 302 g/mol. The van der Waals surface area contributed by atoms with Crippen molar-refractivity contribution in [2.45, 2.75) is 0 Å². The molecule has 0 unspecified atom stereocenters. The zero-order valence-electron chi connectivity index (χ0n) is 12.0. The van der Waals surface area contributed by atoms with E-state index in [1.807, 2.05) is 0 Å². The Kier molecular flexibility index (Phi) is 3.68. The second-order valence-corrected chi connectivity index (χ2v) is 4.64. The second kappa shape index (κ2) is 5.80. The molecule has 0 saturated carbocycles. The van der Waals surface area contributed by atoms with Gasteiger partial charge in [0.1, 0.15) is 22.8 Å². The molecule has 7 heteroatoms. The summed E-state index contributed by atoms with van der Waals surface area (Å²) >= 11 is 0. The molecule has 23 heavy (non-hydrogen) atoms. The maximum absolute atomic E-state index is 11.6. The van der Waals surface area contributed by atoms with Crippen LogP contribution in [0.25, 0.3) is 11.0 Å². The number of nitro benzene ring substituents is 1. The van der Waals surface area contributed by atoms with Gasteiger partial charge in [-0.15, -0.1) is 0 Å². The van der Waals surface area contributed by atoms with Crippen molar-refractivity contribution in [1.29, 1.82) is 0 Å². The van der Waals surface area contributed by atoms with Gasteiger partial charge < -0.3 is 13.9 Å². The van der Waals surface area contributed by atoms with Crippen LogP contribution < -0.4 is 15.1 Å². The van der Waals surface area contributed by atoms with Crippen molar-refractivity contribution < 1.29 is 18.8 Å². The first kappa shape index (κ1) is 14.6. The number of fused-ring (bicyclic) bond motifs is 1. The maximum atomic E-state index is 11.6. The largest absolute Gasteiger partial charge is 0.497 e. The van der Waals surface area contributed by atoms with Crippen molar-refractivity contribution in [3.63, 3.8) is 0 Å². The van der Waals surface area contributed by atoms with Crippen LogP contribution in [0.4, 0.5) is 5.69 Å². The van der Waals surface area contributed by atoms with Crippen molar-refractivity contribution in [3.05, 3.63) is 69.1 Å². The average molecular weight is 313 g/mol. The highest BCUT2D eigenvalue weighted by molar-refractivity contribution is 5.85. The van der Waals surface area contributed by atoms with Gasteiger partial charge in [0.15, 0.2) is 0 Å². The van der Waals surface area contributed by atoms with Crippen LogP contribution >= 0.6 is 0 Å². The number of benzene rings is 2. The van der Waals surface area contributed by atoms with Crippen LogP contribution in [0.15, 0.2) is 57.7 Å². The van der Waals surface area contributed by atoms with Gasteiger partial charge in [-0.3, -0.25) is 10.1 Å². The number of nitrogens with zero attached hydrogens (tertiary/aromatic N) is 1. The summed E-state index contributed by atoms with van der Waals surface area (Å²) in [6.45, 7) is 0. The molecule has 1 aromatic heterocycles. The highest BCUT2D eigenvalue weighted by Crippen LogP contribution is 2.31. The molecule has 0 atom stereocenters. The molecule has 2 aromatic carbocycles. The maximum Gasteiger partial charge on any atom is 0.339 e. The SMILES string of the molecule is COc1ccc(Oc2cc(=O)oc3cc([N+](=O)[O-])ccc23)cc1. The van der Waals surface area contributed by atoms with E-state index in [9.17, 15) is 14.9 Å². The number of hydrogen-bond acceptors (Lipinski definition) is 6. The molecule has 0 spiro atoms. The van der Waals surface area contributed by atoms with E-state index in [4.69, 9.17) is 13.9 Å². The van der Waals surface area contributed by atoms with Gasteiger partial charge in [0.2, 0.25) is 0 Å². The zero-order valence-corrected chi connectivity index (χ0v) is 12.0. The fourth-order valence-electron chi connectivity index (χ4n) is 2.09. The molecule has 0 radical (unpaired) electrons. The van der Waals surface area contributed by atoms with Crippen molar-refractivity contribution in [1.82, 2.24) is 0 Å². The summed E-state index contributed by atoms with van der Waals surface area (Å²) < 4.78 is 15.8.